The Kier molecular flexibility index (Phi) is 5.07. The third kappa shape index (κ3) is 3.95. The highest BCUT2D eigenvalue weighted by Crippen LogP contribution is 2.19. The van der Waals surface area contributed by atoms with Crippen molar-refractivity contribution in [2.24, 2.45) is 0 Å². The fourth-order valence-corrected chi connectivity index (χ4v) is 3.62. The highest BCUT2D eigenvalue weighted by molar-refractivity contribution is 5.74. The molecule has 1 atom stereocenters. The molecule has 2 N–H and O–H groups in total. The minimum Gasteiger partial charge on any atom is -0.337 e. The number of hydrogen-bond acceptors (Lipinski definition) is 3. The largest absolute Gasteiger partial charge is 0.337 e. The Balaban J connectivity index is 1.26. The smallest absolute Gasteiger partial charge is 0.315 e. The molecular weight excluding hydrogens is 338 g/mol. The van der Waals surface area contributed by atoms with E-state index in [4.69, 9.17) is 0 Å². The quantitative estimate of drug-likeness (QED) is 0.732. The highest BCUT2D eigenvalue weighted by Gasteiger charge is 2.20. The molecule has 4 rings (SSSR count). The second-order valence-corrected chi connectivity index (χ2v) is 7.10. The molecule has 0 aliphatic carbocycles. The lowest BCUT2D eigenvalue weighted by Crippen LogP contribution is -2.46. The van der Waals surface area contributed by atoms with Gasteiger partial charge in [-0.1, -0.05) is 30.3 Å². The van der Waals surface area contributed by atoms with Crippen molar-refractivity contribution in [3.63, 3.8) is 0 Å². The fourth-order valence-electron chi connectivity index (χ4n) is 3.62. The maximum atomic E-state index is 12.2. The molecular formula is C21H25N5O. The maximum absolute atomic E-state index is 12.2. The van der Waals surface area contributed by atoms with Gasteiger partial charge < -0.3 is 10.6 Å². The van der Waals surface area contributed by atoms with Crippen molar-refractivity contribution in [1.82, 2.24) is 25.1 Å². The van der Waals surface area contributed by atoms with Gasteiger partial charge in [-0.25, -0.2) is 9.31 Å². The monoisotopic (exact) mass is 363 g/mol. The molecule has 1 unspecified atom stereocenters. The van der Waals surface area contributed by atoms with Crippen LogP contribution in [-0.2, 0) is 19.5 Å². The second-order valence-electron chi connectivity index (χ2n) is 7.10. The summed E-state index contributed by atoms with van der Waals surface area (Å²) in [7, 11) is 0. The predicted molar refractivity (Wildman–Crippen MR) is 105 cm³/mol. The summed E-state index contributed by atoms with van der Waals surface area (Å²) in [6.45, 7) is 5.24. The van der Waals surface area contributed by atoms with E-state index in [1.54, 1.807) is 6.20 Å². The summed E-state index contributed by atoms with van der Waals surface area (Å²) in [4.78, 5) is 14.6. The van der Waals surface area contributed by atoms with Crippen molar-refractivity contribution in [1.29, 1.82) is 0 Å². The average Bonchev–Trinajstić information content (AvgIpc) is 3.13. The SMILES string of the molecule is CC(CNC(=O)NCc1cnn2ccccc12)N1CCc2ccccc2C1. The molecule has 0 bridgehead atoms. The van der Waals surface area contributed by atoms with Crippen LogP contribution in [0.3, 0.4) is 0 Å². The van der Waals surface area contributed by atoms with E-state index < -0.39 is 0 Å². The van der Waals surface area contributed by atoms with Crippen LogP contribution in [0.2, 0.25) is 0 Å². The van der Waals surface area contributed by atoms with E-state index in [9.17, 15) is 4.79 Å². The molecule has 2 aromatic heterocycles. The molecule has 1 aliphatic heterocycles. The number of nitrogens with zero attached hydrogens (tertiary/aromatic N) is 3. The minimum atomic E-state index is -0.144. The minimum absolute atomic E-state index is 0.144. The predicted octanol–water partition coefficient (Wildman–Crippen LogP) is 2.58. The number of pyridine rings is 1. The van der Waals surface area contributed by atoms with Crippen LogP contribution >= 0.6 is 0 Å². The standard InChI is InChI=1S/C21H25N5O/c1-16(25-11-9-17-6-2-3-7-18(17)15-25)12-22-21(27)23-13-19-14-24-26-10-5-4-8-20(19)26/h2-8,10,14,16H,9,11-13,15H2,1H3,(H2,22,23,27). The molecule has 0 spiro atoms. The topological polar surface area (TPSA) is 61.7 Å². The Labute approximate surface area is 159 Å². The van der Waals surface area contributed by atoms with Crippen molar-refractivity contribution >= 4 is 11.5 Å². The molecule has 27 heavy (non-hydrogen) atoms. The van der Waals surface area contributed by atoms with Crippen molar-refractivity contribution in [3.05, 3.63) is 71.5 Å². The molecule has 140 valence electrons. The summed E-state index contributed by atoms with van der Waals surface area (Å²) in [6, 6.07) is 14.7. The van der Waals surface area contributed by atoms with Gasteiger partial charge in [0.2, 0.25) is 0 Å². The van der Waals surface area contributed by atoms with Crippen molar-refractivity contribution in [3.8, 4) is 0 Å². The van der Waals surface area contributed by atoms with Gasteiger partial charge in [-0.3, -0.25) is 4.90 Å². The molecule has 0 saturated heterocycles. The van der Waals surface area contributed by atoms with Gasteiger partial charge in [-0.15, -0.1) is 0 Å². The number of benzene rings is 1. The van der Waals surface area contributed by atoms with E-state index in [1.165, 1.54) is 11.1 Å². The van der Waals surface area contributed by atoms with Gasteiger partial charge in [0.15, 0.2) is 0 Å². The van der Waals surface area contributed by atoms with Crippen LogP contribution in [0.5, 0.6) is 0 Å². The van der Waals surface area contributed by atoms with Gasteiger partial charge in [0.1, 0.15) is 0 Å². The van der Waals surface area contributed by atoms with Gasteiger partial charge in [-0.2, -0.15) is 5.10 Å². The first kappa shape index (κ1) is 17.5. The normalized spacial score (nSPS) is 15.3. The lowest BCUT2D eigenvalue weighted by molar-refractivity contribution is 0.185. The molecule has 0 fully saturated rings. The number of amides is 2. The lowest BCUT2D eigenvalue weighted by Gasteiger charge is -2.33. The molecule has 0 radical (unpaired) electrons. The molecule has 3 heterocycles. The zero-order chi connectivity index (χ0) is 18.6. The molecule has 6 nitrogen and oxygen atoms in total. The summed E-state index contributed by atoms with van der Waals surface area (Å²) in [5.41, 5.74) is 4.86. The van der Waals surface area contributed by atoms with E-state index in [0.29, 0.717) is 19.1 Å². The third-order valence-corrected chi connectivity index (χ3v) is 5.29. The number of hydrogen-bond donors (Lipinski definition) is 2. The molecule has 2 amide bonds. The van der Waals surface area contributed by atoms with Crippen LogP contribution in [0.25, 0.3) is 5.52 Å². The van der Waals surface area contributed by atoms with E-state index >= 15 is 0 Å². The number of aromatic nitrogens is 2. The lowest BCUT2D eigenvalue weighted by atomic mass is 9.99. The Morgan fingerprint density at radius 1 is 1.15 bits per heavy atom. The zero-order valence-corrected chi connectivity index (χ0v) is 15.6. The first-order chi connectivity index (χ1) is 13.2. The van der Waals surface area contributed by atoms with Crippen molar-refractivity contribution < 1.29 is 4.79 Å². The number of urea groups is 1. The number of fused-ring (bicyclic) bond motifs is 2. The number of nitrogens with one attached hydrogen (secondary N) is 2. The average molecular weight is 363 g/mol. The Bertz CT molecular complexity index is 935. The van der Waals surface area contributed by atoms with E-state index in [0.717, 1.165) is 30.6 Å². The van der Waals surface area contributed by atoms with Crippen LogP contribution in [0.4, 0.5) is 4.79 Å². The first-order valence-electron chi connectivity index (χ1n) is 9.44. The fraction of sp³-hybridized carbons (Fsp3) is 0.333. The summed E-state index contributed by atoms with van der Waals surface area (Å²) >= 11 is 0. The van der Waals surface area contributed by atoms with Crippen LogP contribution < -0.4 is 10.6 Å². The second kappa shape index (κ2) is 7.80. The Morgan fingerprint density at radius 3 is 2.85 bits per heavy atom. The summed E-state index contributed by atoms with van der Waals surface area (Å²) in [5, 5.41) is 10.2. The molecule has 3 aromatic rings. The molecule has 6 heteroatoms. The molecule has 0 saturated carbocycles. The zero-order valence-electron chi connectivity index (χ0n) is 15.6. The Hall–Kier alpha value is -2.86. The number of rotatable bonds is 5. The van der Waals surface area contributed by atoms with Crippen LogP contribution in [0.15, 0.2) is 54.9 Å². The van der Waals surface area contributed by atoms with Gasteiger partial charge in [0.25, 0.3) is 0 Å². The first-order valence-corrected chi connectivity index (χ1v) is 9.44. The summed E-state index contributed by atoms with van der Waals surface area (Å²) in [5.74, 6) is 0. The third-order valence-electron chi connectivity index (χ3n) is 5.29. The molecule has 1 aromatic carbocycles. The van der Waals surface area contributed by atoms with Crippen LogP contribution in [0, 0.1) is 0 Å². The van der Waals surface area contributed by atoms with Gasteiger partial charge in [0, 0.05) is 44.0 Å². The Morgan fingerprint density at radius 2 is 1.96 bits per heavy atom. The molecule has 1 aliphatic rings. The summed E-state index contributed by atoms with van der Waals surface area (Å²) in [6.07, 6.45) is 4.77. The van der Waals surface area contributed by atoms with Crippen LogP contribution in [0.1, 0.15) is 23.6 Å². The van der Waals surface area contributed by atoms with Gasteiger partial charge >= 0.3 is 6.03 Å². The van der Waals surface area contributed by atoms with E-state index in [2.05, 4.69) is 51.8 Å². The summed E-state index contributed by atoms with van der Waals surface area (Å²) < 4.78 is 1.81. The number of carbonyl (C=O) groups is 1. The highest BCUT2D eigenvalue weighted by atomic mass is 16.2. The van der Waals surface area contributed by atoms with Crippen molar-refractivity contribution in [2.45, 2.75) is 32.5 Å². The van der Waals surface area contributed by atoms with Gasteiger partial charge in [0.05, 0.1) is 11.7 Å². The van der Waals surface area contributed by atoms with Crippen molar-refractivity contribution in [2.75, 3.05) is 13.1 Å². The van der Waals surface area contributed by atoms with Crippen LogP contribution in [-0.4, -0.2) is 39.7 Å². The van der Waals surface area contributed by atoms with Gasteiger partial charge in [-0.05, 0) is 36.6 Å². The maximum Gasteiger partial charge on any atom is 0.315 e. The van der Waals surface area contributed by atoms with E-state index in [-0.39, 0.29) is 6.03 Å². The van der Waals surface area contributed by atoms with E-state index in [1.807, 2.05) is 28.9 Å². The number of carbonyl (C=O) groups excluding carboxylic acids is 1.